The van der Waals surface area contributed by atoms with Crippen molar-refractivity contribution < 1.29 is 27.5 Å². The molecule has 0 saturated carbocycles. The topological polar surface area (TPSA) is 71.0 Å². The van der Waals surface area contributed by atoms with Gasteiger partial charge in [0.1, 0.15) is 5.75 Å². The highest BCUT2D eigenvalue weighted by molar-refractivity contribution is 6.00. The van der Waals surface area contributed by atoms with Gasteiger partial charge in [-0.25, -0.2) is 5.43 Å². The number of ether oxygens (including phenoxy) is 1. The smallest absolute Gasteiger partial charge is 0.416 e. The van der Waals surface area contributed by atoms with Crippen LogP contribution in [0.5, 0.6) is 5.75 Å². The molecule has 1 N–H and O–H groups in total. The minimum Gasteiger partial charge on any atom is -0.494 e. The zero-order valence-corrected chi connectivity index (χ0v) is 16.1. The second kappa shape index (κ2) is 8.98. The molecule has 2 aromatic carbocycles. The van der Waals surface area contributed by atoms with Gasteiger partial charge in [0.15, 0.2) is 0 Å². The maximum absolute atomic E-state index is 12.6. The molecule has 1 saturated heterocycles. The van der Waals surface area contributed by atoms with Crippen LogP contribution in [0.15, 0.2) is 53.6 Å². The summed E-state index contributed by atoms with van der Waals surface area (Å²) in [4.78, 5) is 26.1. The van der Waals surface area contributed by atoms with E-state index in [2.05, 4.69) is 10.5 Å². The third-order valence-electron chi connectivity index (χ3n) is 4.58. The van der Waals surface area contributed by atoms with Crippen LogP contribution < -0.4 is 15.1 Å². The van der Waals surface area contributed by atoms with Gasteiger partial charge in [-0.3, -0.25) is 9.59 Å². The average molecular weight is 419 g/mol. The second-order valence-electron chi connectivity index (χ2n) is 6.69. The number of rotatable bonds is 6. The molecular weight excluding hydrogens is 399 g/mol. The van der Waals surface area contributed by atoms with Crippen molar-refractivity contribution in [3.05, 3.63) is 59.7 Å². The molecule has 9 heteroatoms. The van der Waals surface area contributed by atoms with Gasteiger partial charge in [0.25, 0.3) is 0 Å². The summed E-state index contributed by atoms with van der Waals surface area (Å²) in [7, 11) is 0. The summed E-state index contributed by atoms with van der Waals surface area (Å²) in [6, 6.07) is 11.4. The molecule has 0 unspecified atom stereocenters. The van der Waals surface area contributed by atoms with Gasteiger partial charge in [-0.2, -0.15) is 18.3 Å². The Hall–Kier alpha value is -3.36. The van der Waals surface area contributed by atoms with Crippen molar-refractivity contribution in [1.82, 2.24) is 5.43 Å². The lowest BCUT2D eigenvalue weighted by molar-refractivity contribution is -0.137. The van der Waals surface area contributed by atoms with Gasteiger partial charge >= 0.3 is 6.18 Å². The molecule has 6 nitrogen and oxygen atoms in total. The third kappa shape index (κ3) is 5.16. The zero-order chi connectivity index (χ0) is 21.7. The van der Waals surface area contributed by atoms with Crippen LogP contribution in [0.4, 0.5) is 18.9 Å². The molecule has 0 spiro atoms. The van der Waals surface area contributed by atoms with Crippen molar-refractivity contribution in [2.75, 3.05) is 18.1 Å². The largest absolute Gasteiger partial charge is 0.494 e. The van der Waals surface area contributed by atoms with E-state index in [0.717, 1.165) is 12.1 Å². The number of halogens is 3. The Bertz CT molecular complexity index is 925. The predicted octanol–water partition coefficient (Wildman–Crippen LogP) is 3.61. The third-order valence-corrected chi connectivity index (χ3v) is 4.58. The lowest BCUT2D eigenvalue weighted by Gasteiger charge is -2.17. The maximum atomic E-state index is 12.6. The minimum absolute atomic E-state index is 0.0504. The highest BCUT2D eigenvalue weighted by atomic mass is 19.4. The number of amides is 2. The maximum Gasteiger partial charge on any atom is 0.416 e. The number of benzene rings is 2. The number of alkyl halides is 3. The van der Waals surface area contributed by atoms with Gasteiger partial charge < -0.3 is 9.64 Å². The highest BCUT2D eigenvalue weighted by Crippen LogP contribution is 2.29. The molecule has 158 valence electrons. The Kier molecular flexibility index (Phi) is 6.39. The molecule has 3 rings (SSSR count). The first-order valence-corrected chi connectivity index (χ1v) is 9.31. The van der Waals surface area contributed by atoms with Gasteiger partial charge in [-0.05, 0) is 48.9 Å². The standard InChI is InChI=1S/C21H20F3N3O3/c1-2-30-18-9-7-17(8-10-18)27-13-15(11-19(27)28)20(29)26-25-12-14-3-5-16(6-4-14)21(22,23)24/h3-10,12,15H,2,11,13H2,1H3,(H,26,29)/b25-12-/t15-/m1/s1. The fourth-order valence-electron chi connectivity index (χ4n) is 3.04. The Morgan fingerprint density at radius 2 is 1.87 bits per heavy atom. The summed E-state index contributed by atoms with van der Waals surface area (Å²) in [5.74, 6) is -0.486. The first-order chi connectivity index (χ1) is 14.3. The molecular formula is C21H20F3N3O3. The molecule has 2 amide bonds. The summed E-state index contributed by atoms with van der Waals surface area (Å²) in [5.41, 5.74) is 2.66. The number of hydrogen-bond acceptors (Lipinski definition) is 4. The number of hydrogen-bond donors (Lipinski definition) is 1. The average Bonchev–Trinajstić information content (AvgIpc) is 3.10. The van der Waals surface area contributed by atoms with E-state index in [-0.39, 0.29) is 18.9 Å². The molecule has 0 radical (unpaired) electrons. The SMILES string of the molecule is CCOc1ccc(N2C[C@H](C(=O)N/N=C\c3ccc(C(F)(F)F)cc3)CC2=O)cc1. The summed E-state index contributed by atoms with van der Waals surface area (Å²) in [6.07, 6.45) is -3.11. The van der Waals surface area contributed by atoms with E-state index in [9.17, 15) is 22.8 Å². The number of nitrogens with one attached hydrogen (secondary N) is 1. The van der Waals surface area contributed by atoms with Crippen LogP contribution in [0.3, 0.4) is 0 Å². The number of hydrazone groups is 1. The van der Waals surface area contributed by atoms with E-state index < -0.39 is 23.6 Å². The first-order valence-electron chi connectivity index (χ1n) is 9.31. The summed E-state index contributed by atoms with van der Waals surface area (Å²) >= 11 is 0. The lowest BCUT2D eigenvalue weighted by atomic mass is 10.1. The fraction of sp³-hybridized carbons (Fsp3) is 0.286. The van der Waals surface area contributed by atoms with Crippen LogP contribution in [-0.2, 0) is 15.8 Å². The van der Waals surface area contributed by atoms with Crippen LogP contribution in [0, 0.1) is 5.92 Å². The van der Waals surface area contributed by atoms with E-state index in [0.29, 0.717) is 23.6 Å². The van der Waals surface area contributed by atoms with Crippen LogP contribution in [0.2, 0.25) is 0 Å². The number of carbonyl (C=O) groups is 2. The van der Waals surface area contributed by atoms with Gasteiger partial charge in [0, 0.05) is 18.7 Å². The van der Waals surface area contributed by atoms with Gasteiger partial charge in [0.05, 0.1) is 24.3 Å². The zero-order valence-electron chi connectivity index (χ0n) is 16.1. The fourth-order valence-corrected chi connectivity index (χ4v) is 3.04. The molecule has 0 bridgehead atoms. The van der Waals surface area contributed by atoms with Crippen molar-refractivity contribution in [3.63, 3.8) is 0 Å². The van der Waals surface area contributed by atoms with E-state index >= 15 is 0 Å². The van der Waals surface area contributed by atoms with E-state index in [1.54, 1.807) is 24.3 Å². The Balaban J connectivity index is 1.56. The monoisotopic (exact) mass is 419 g/mol. The molecule has 1 fully saturated rings. The van der Waals surface area contributed by atoms with Crippen molar-refractivity contribution in [2.45, 2.75) is 19.5 Å². The Morgan fingerprint density at radius 1 is 1.20 bits per heavy atom. The normalized spacial score (nSPS) is 16.9. The molecule has 0 aromatic heterocycles. The summed E-state index contributed by atoms with van der Waals surface area (Å²) < 4.78 is 43.1. The molecule has 2 aromatic rings. The van der Waals surface area contributed by atoms with Gasteiger partial charge in [-0.15, -0.1) is 0 Å². The van der Waals surface area contributed by atoms with Crippen LogP contribution >= 0.6 is 0 Å². The predicted molar refractivity (Wildman–Crippen MR) is 105 cm³/mol. The summed E-state index contributed by atoms with van der Waals surface area (Å²) in [6.45, 7) is 2.63. The van der Waals surface area contributed by atoms with Crippen molar-refractivity contribution in [1.29, 1.82) is 0 Å². The van der Waals surface area contributed by atoms with E-state index in [1.165, 1.54) is 23.2 Å². The quantitative estimate of drug-likeness (QED) is 0.575. The minimum atomic E-state index is -4.41. The van der Waals surface area contributed by atoms with Crippen molar-refractivity contribution in [3.8, 4) is 5.75 Å². The first kappa shape index (κ1) is 21.4. The van der Waals surface area contributed by atoms with Crippen molar-refractivity contribution in [2.24, 2.45) is 11.0 Å². The Labute approximate surface area is 171 Å². The van der Waals surface area contributed by atoms with Crippen LogP contribution in [-0.4, -0.2) is 31.2 Å². The number of anilines is 1. The van der Waals surface area contributed by atoms with Gasteiger partial charge in [0.2, 0.25) is 11.8 Å². The molecule has 1 aliphatic rings. The number of carbonyl (C=O) groups excluding carboxylic acids is 2. The Morgan fingerprint density at radius 3 is 2.47 bits per heavy atom. The lowest BCUT2D eigenvalue weighted by Crippen LogP contribution is -2.30. The molecule has 1 atom stereocenters. The van der Waals surface area contributed by atoms with E-state index in [4.69, 9.17) is 4.74 Å². The summed E-state index contributed by atoms with van der Waals surface area (Å²) in [5, 5.41) is 3.78. The molecule has 0 aliphatic carbocycles. The van der Waals surface area contributed by atoms with Crippen LogP contribution in [0.25, 0.3) is 0 Å². The van der Waals surface area contributed by atoms with Gasteiger partial charge in [-0.1, -0.05) is 12.1 Å². The number of nitrogens with zero attached hydrogens (tertiary/aromatic N) is 2. The van der Waals surface area contributed by atoms with Crippen LogP contribution in [0.1, 0.15) is 24.5 Å². The molecule has 1 aliphatic heterocycles. The highest BCUT2D eigenvalue weighted by Gasteiger charge is 2.35. The second-order valence-corrected chi connectivity index (χ2v) is 6.69. The van der Waals surface area contributed by atoms with Crippen molar-refractivity contribution >= 4 is 23.7 Å². The molecule has 30 heavy (non-hydrogen) atoms. The molecule has 1 heterocycles. The van der Waals surface area contributed by atoms with E-state index in [1.807, 2.05) is 6.92 Å².